The molecule has 1 aliphatic carbocycles. The summed E-state index contributed by atoms with van der Waals surface area (Å²) in [5.41, 5.74) is 10.5. The molecule has 0 aliphatic heterocycles. The van der Waals surface area contributed by atoms with Crippen molar-refractivity contribution in [2.75, 3.05) is 20.3 Å². The van der Waals surface area contributed by atoms with Gasteiger partial charge in [-0.3, -0.25) is 4.79 Å². The van der Waals surface area contributed by atoms with Gasteiger partial charge in [0, 0.05) is 25.5 Å². The van der Waals surface area contributed by atoms with E-state index in [2.05, 4.69) is 81.9 Å². The summed E-state index contributed by atoms with van der Waals surface area (Å²) in [6.45, 7) is 1.19. The highest BCUT2D eigenvalue weighted by Crippen LogP contribution is 2.41. The molecule has 47 heavy (non-hydrogen) atoms. The minimum Gasteiger partial charge on any atom is -0.382 e. The number of amides is 1. The average molecular weight is 627 g/mol. The molecule has 6 aromatic rings. The van der Waals surface area contributed by atoms with E-state index in [0.29, 0.717) is 35.8 Å². The number of imidazole rings is 1. The van der Waals surface area contributed by atoms with E-state index in [9.17, 15) is 4.79 Å². The molecule has 1 aliphatic rings. The third kappa shape index (κ3) is 5.73. The molecule has 0 radical (unpaired) electrons. The number of primary amides is 1. The van der Waals surface area contributed by atoms with Crippen molar-refractivity contribution in [1.29, 1.82) is 0 Å². The first kappa shape index (κ1) is 30.5. The smallest absolute Gasteiger partial charge is 0.269 e. The molecule has 238 valence electrons. The maximum absolute atomic E-state index is 12.9. The number of fused-ring (bicyclic) bond motifs is 1. The van der Waals surface area contributed by atoms with Crippen molar-refractivity contribution in [1.82, 2.24) is 24.1 Å². The van der Waals surface area contributed by atoms with Crippen molar-refractivity contribution in [3.05, 3.63) is 138 Å². The van der Waals surface area contributed by atoms with E-state index in [1.165, 1.54) is 0 Å². The largest absolute Gasteiger partial charge is 0.382 e. The van der Waals surface area contributed by atoms with Gasteiger partial charge in [-0.25, -0.2) is 15.0 Å². The highest BCUT2D eigenvalue weighted by atomic mass is 16.5. The zero-order valence-corrected chi connectivity index (χ0v) is 26.4. The summed E-state index contributed by atoms with van der Waals surface area (Å²) in [4.78, 5) is 27.4. The average Bonchev–Trinajstić information content (AvgIpc) is 3.79. The fourth-order valence-electron chi connectivity index (χ4n) is 7.05. The number of methoxy groups -OCH3 is 1. The van der Waals surface area contributed by atoms with Crippen molar-refractivity contribution in [2.45, 2.75) is 43.4 Å². The first-order chi connectivity index (χ1) is 23.1. The van der Waals surface area contributed by atoms with Crippen LogP contribution in [0.5, 0.6) is 0 Å². The summed E-state index contributed by atoms with van der Waals surface area (Å²) >= 11 is 0. The maximum Gasteiger partial charge on any atom is 0.269 e. The number of ether oxygens (including phenoxy) is 2. The fourth-order valence-corrected chi connectivity index (χ4v) is 7.05. The Bertz CT molecular complexity index is 1850. The summed E-state index contributed by atoms with van der Waals surface area (Å²) in [6.07, 6.45) is 9.70. The molecule has 0 spiro atoms. The molecule has 0 unspecified atom stereocenters. The Morgan fingerprint density at radius 3 is 1.98 bits per heavy atom. The lowest BCUT2D eigenvalue weighted by molar-refractivity contribution is -0.00620. The molecule has 9 heteroatoms. The van der Waals surface area contributed by atoms with Crippen molar-refractivity contribution in [3.8, 4) is 11.5 Å². The molecule has 3 heterocycles. The predicted octanol–water partition coefficient (Wildman–Crippen LogP) is 6.38. The second-order valence-electron chi connectivity index (χ2n) is 12.0. The molecular weight excluding hydrogens is 588 g/mol. The minimum absolute atomic E-state index is 0.198. The van der Waals surface area contributed by atoms with Gasteiger partial charge in [-0.1, -0.05) is 91.0 Å². The van der Waals surface area contributed by atoms with Crippen LogP contribution >= 0.6 is 0 Å². The maximum atomic E-state index is 12.9. The number of rotatable bonds is 11. The van der Waals surface area contributed by atoms with Gasteiger partial charge >= 0.3 is 0 Å². The molecule has 0 bridgehead atoms. The lowest BCUT2D eigenvalue weighted by Gasteiger charge is -2.37. The van der Waals surface area contributed by atoms with Crippen LogP contribution in [0.2, 0.25) is 0 Å². The zero-order chi connectivity index (χ0) is 32.2. The van der Waals surface area contributed by atoms with E-state index in [-0.39, 0.29) is 17.8 Å². The van der Waals surface area contributed by atoms with Crippen LogP contribution in [0.25, 0.3) is 22.6 Å². The van der Waals surface area contributed by atoms with Crippen LogP contribution in [0, 0.1) is 0 Å². The van der Waals surface area contributed by atoms with Crippen LogP contribution < -0.4 is 5.73 Å². The molecule has 9 nitrogen and oxygen atoms in total. The molecule has 3 aromatic carbocycles. The lowest BCUT2D eigenvalue weighted by atomic mass is 9.77. The summed E-state index contributed by atoms with van der Waals surface area (Å²) in [6, 6.07) is 33.3. The van der Waals surface area contributed by atoms with Gasteiger partial charge in [-0.05, 0) is 48.4 Å². The van der Waals surface area contributed by atoms with E-state index in [0.717, 1.165) is 42.4 Å². The molecule has 1 fully saturated rings. The third-order valence-corrected chi connectivity index (χ3v) is 9.25. The first-order valence-electron chi connectivity index (χ1n) is 16.1. The molecule has 0 saturated heterocycles. The van der Waals surface area contributed by atoms with Crippen molar-refractivity contribution in [2.24, 2.45) is 5.73 Å². The number of nitrogens with two attached hydrogens (primary N) is 1. The number of aromatic nitrogens is 5. The summed E-state index contributed by atoms with van der Waals surface area (Å²) in [5, 5.41) is 0. The van der Waals surface area contributed by atoms with Crippen LogP contribution in [-0.2, 0) is 15.0 Å². The van der Waals surface area contributed by atoms with Gasteiger partial charge in [0.05, 0.1) is 36.7 Å². The molecule has 0 atom stereocenters. The van der Waals surface area contributed by atoms with E-state index < -0.39 is 11.4 Å². The van der Waals surface area contributed by atoms with Gasteiger partial charge in [0.25, 0.3) is 5.91 Å². The Morgan fingerprint density at radius 2 is 1.43 bits per heavy atom. The Labute approximate surface area is 274 Å². The molecule has 1 saturated carbocycles. The second kappa shape index (κ2) is 13.3. The van der Waals surface area contributed by atoms with Crippen molar-refractivity contribution >= 4 is 16.9 Å². The van der Waals surface area contributed by atoms with E-state index in [1.54, 1.807) is 7.11 Å². The number of benzene rings is 3. The van der Waals surface area contributed by atoms with Crippen molar-refractivity contribution < 1.29 is 14.3 Å². The highest BCUT2D eigenvalue weighted by Gasteiger charge is 2.38. The molecular formula is C38H38N6O3. The summed E-state index contributed by atoms with van der Waals surface area (Å²) in [7, 11) is 1.68. The molecule has 3 aromatic heterocycles. The van der Waals surface area contributed by atoms with Crippen LogP contribution in [0.15, 0.2) is 116 Å². The molecule has 7 rings (SSSR count). The SMILES string of the molecule is COCCOC1CCC(n2ccc3nc(-c4cn(C(c5ccccc5)(c5ccccc5)c5ccccc5)cn4)nc(C(N)=O)c32)CC1. The van der Waals surface area contributed by atoms with Crippen LogP contribution in [0.3, 0.4) is 0 Å². The quantitative estimate of drug-likeness (QED) is 0.132. The number of hydrogen-bond donors (Lipinski definition) is 1. The normalized spacial score (nSPS) is 16.8. The van der Waals surface area contributed by atoms with E-state index in [4.69, 9.17) is 30.2 Å². The van der Waals surface area contributed by atoms with Crippen LogP contribution in [0.1, 0.15) is 58.9 Å². The summed E-state index contributed by atoms with van der Waals surface area (Å²) < 4.78 is 15.3. The lowest BCUT2D eigenvalue weighted by Crippen LogP contribution is -2.36. The van der Waals surface area contributed by atoms with E-state index >= 15 is 0 Å². The predicted molar refractivity (Wildman–Crippen MR) is 181 cm³/mol. The van der Waals surface area contributed by atoms with Gasteiger partial charge < -0.3 is 24.3 Å². The monoisotopic (exact) mass is 626 g/mol. The number of carbonyl (C=O) groups excluding carboxylic acids is 1. The van der Waals surface area contributed by atoms with Gasteiger partial charge in [0.1, 0.15) is 11.2 Å². The number of nitrogens with zero attached hydrogens (tertiary/aromatic N) is 5. The minimum atomic E-state index is -0.735. The van der Waals surface area contributed by atoms with Gasteiger partial charge in [-0.15, -0.1) is 0 Å². The number of carbonyl (C=O) groups is 1. The summed E-state index contributed by atoms with van der Waals surface area (Å²) in [5.74, 6) is -0.247. The van der Waals surface area contributed by atoms with Crippen LogP contribution in [0.4, 0.5) is 0 Å². The standard InChI is InChI=1S/C38H38N6O3/c1-46-23-24-47-31-19-17-30(18-20-31)44-22-21-32-35(44)34(36(39)45)42-37(41-32)33-25-43(26-40-33)38(27-11-5-2-6-12-27,28-13-7-3-8-14-28)29-15-9-4-10-16-29/h2-16,21-22,25-26,30-31H,17-20,23-24H2,1H3,(H2,39,45). The Kier molecular flexibility index (Phi) is 8.65. The molecule has 2 N–H and O–H groups in total. The second-order valence-corrected chi connectivity index (χ2v) is 12.0. The number of hydrogen-bond acceptors (Lipinski definition) is 6. The van der Waals surface area contributed by atoms with Gasteiger partial charge in [0.2, 0.25) is 0 Å². The third-order valence-electron chi connectivity index (χ3n) is 9.25. The Morgan fingerprint density at radius 1 is 0.830 bits per heavy atom. The highest BCUT2D eigenvalue weighted by molar-refractivity contribution is 6.03. The van der Waals surface area contributed by atoms with Crippen molar-refractivity contribution in [3.63, 3.8) is 0 Å². The first-order valence-corrected chi connectivity index (χ1v) is 16.1. The van der Waals surface area contributed by atoms with E-state index in [1.807, 2.05) is 43.0 Å². The van der Waals surface area contributed by atoms with Gasteiger partial charge in [0.15, 0.2) is 11.5 Å². The van der Waals surface area contributed by atoms with Crippen LogP contribution in [-0.4, -0.2) is 56.4 Å². The fraction of sp³-hybridized carbons (Fsp3) is 0.263. The topological polar surface area (TPSA) is 110 Å². The van der Waals surface area contributed by atoms with Gasteiger partial charge in [-0.2, -0.15) is 0 Å². The molecule has 1 amide bonds. The Balaban J connectivity index is 1.29. The Hall–Kier alpha value is -5.12. The zero-order valence-electron chi connectivity index (χ0n) is 26.4.